The zero-order valence-electron chi connectivity index (χ0n) is 75.8. The summed E-state index contributed by atoms with van der Waals surface area (Å²) in [6.45, 7) is 54.6. The molecule has 0 amide bonds. The fraction of sp³-hybridized carbons (Fsp3) is 0.515. The van der Waals surface area contributed by atoms with Crippen LogP contribution in [0.2, 0.25) is 0 Å². The Hall–Kier alpha value is -9.04. The van der Waals surface area contributed by atoms with E-state index in [0.717, 1.165) is 80.1 Å². The van der Waals surface area contributed by atoms with Gasteiger partial charge >= 0.3 is 0 Å². The number of aryl methyl sites for hydroxylation is 1. The molecule has 3 aromatic rings. The van der Waals surface area contributed by atoms with Crippen molar-refractivity contribution in [2.45, 2.75) is 323 Å². The van der Waals surface area contributed by atoms with Gasteiger partial charge in [0.25, 0.3) is 0 Å². The van der Waals surface area contributed by atoms with E-state index in [1.165, 1.54) is 121 Å². The third kappa shape index (κ3) is 85.2. The van der Waals surface area contributed by atoms with Gasteiger partial charge in [0.2, 0.25) is 0 Å². The van der Waals surface area contributed by atoms with Crippen molar-refractivity contribution in [3.8, 4) is 0 Å². The maximum absolute atomic E-state index is 11.5. The monoisotopic (exact) mass is 1560 g/mol. The van der Waals surface area contributed by atoms with E-state index < -0.39 is 0 Å². The minimum Gasteiger partial charge on any atom is -0.300 e. The summed E-state index contributed by atoms with van der Waals surface area (Å²) in [7, 11) is 0. The molecule has 0 fully saturated rings. The van der Waals surface area contributed by atoms with Crippen LogP contribution >= 0.6 is 0 Å². The first-order valence-electron chi connectivity index (χ1n) is 39.9. The van der Waals surface area contributed by atoms with Crippen LogP contribution in [0.3, 0.4) is 0 Å². The van der Waals surface area contributed by atoms with Gasteiger partial charge in [0.1, 0.15) is 52.0 Å². The van der Waals surface area contributed by atoms with Crippen LogP contribution in [0.15, 0.2) is 166 Å². The molecule has 1 aliphatic carbocycles. The molecule has 2 unspecified atom stereocenters. The molecule has 3 aromatic carbocycles. The lowest BCUT2D eigenvalue weighted by Gasteiger charge is -2.32. The van der Waals surface area contributed by atoms with Crippen molar-refractivity contribution < 1.29 is 67.1 Å². The average Bonchev–Trinajstić information content (AvgIpc) is 0.824. The van der Waals surface area contributed by atoms with E-state index >= 15 is 0 Å². The van der Waals surface area contributed by atoms with E-state index in [1.807, 2.05) is 107 Å². The smallest absolute Gasteiger partial charge is 0.160 e. The normalized spacial score (nSPS) is 12.1. The minimum atomic E-state index is -0.0687. The average molecular weight is 1560 g/mol. The van der Waals surface area contributed by atoms with Crippen LogP contribution in [0.4, 0.5) is 0 Å². The number of Topliss-reactive ketones (excluding diaryl/α,β-unsaturated/α-hetero) is 13. The summed E-state index contributed by atoms with van der Waals surface area (Å²) in [6.07, 6.45) is 35.0. The van der Waals surface area contributed by atoms with Crippen LogP contribution in [-0.4, -0.2) is 81.0 Å². The summed E-state index contributed by atoms with van der Waals surface area (Å²) in [5, 5.41) is 0. The molecule has 0 radical (unpaired) electrons. The molecule has 0 bridgehead atoms. The van der Waals surface area contributed by atoms with Gasteiger partial charge in [0.05, 0.1) is 6.42 Å². The first-order valence-corrected chi connectivity index (χ1v) is 39.9. The number of carbonyl (C=O) groups is 14. The molecule has 4 rings (SSSR count). The maximum atomic E-state index is 11.5. The highest BCUT2D eigenvalue weighted by Gasteiger charge is 2.26. The van der Waals surface area contributed by atoms with Crippen molar-refractivity contribution in [3.63, 3.8) is 0 Å². The van der Waals surface area contributed by atoms with Crippen LogP contribution in [0, 0.1) is 24.2 Å². The predicted octanol–water partition coefficient (Wildman–Crippen LogP) is 25.4. The Kier molecular flexibility index (Phi) is 75.9. The number of ketones is 14. The van der Waals surface area contributed by atoms with E-state index in [1.54, 1.807) is 78.8 Å². The molecular formula is C99H150O14. The molecule has 14 heteroatoms. The highest BCUT2D eigenvalue weighted by atomic mass is 16.2. The Morgan fingerprint density at radius 1 is 0.478 bits per heavy atom. The molecule has 113 heavy (non-hydrogen) atoms. The Labute approximate surface area is 685 Å². The Bertz CT molecular complexity index is 3550. The molecule has 0 aliphatic heterocycles. The lowest BCUT2D eigenvalue weighted by atomic mass is 9.72. The first-order chi connectivity index (χ1) is 52.4. The number of rotatable bonds is 31. The number of benzene rings is 3. The molecule has 0 aromatic heterocycles. The zero-order chi connectivity index (χ0) is 89.0. The van der Waals surface area contributed by atoms with Crippen LogP contribution in [0.5, 0.6) is 0 Å². The molecule has 2 atom stereocenters. The Morgan fingerprint density at radius 3 is 1.27 bits per heavy atom. The fourth-order valence-corrected chi connectivity index (χ4v) is 9.68. The highest BCUT2D eigenvalue weighted by Crippen LogP contribution is 2.41. The third-order valence-corrected chi connectivity index (χ3v) is 16.1. The van der Waals surface area contributed by atoms with Gasteiger partial charge in [-0.2, -0.15) is 0 Å². The molecule has 0 saturated carbocycles. The van der Waals surface area contributed by atoms with Crippen molar-refractivity contribution in [1.29, 1.82) is 0 Å². The van der Waals surface area contributed by atoms with Gasteiger partial charge in [-0.15, -0.1) is 0 Å². The highest BCUT2D eigenvalue weighted by molar-refractivity contribution is 6.07. The summed E-state index contributed by atoms with van der Waals surface area (Å²) in [5.74, 6) is 2.39. The summed E-state index contributed by atoms with van der Waals surface area (Å²) in [6, 6.07) is 24.5. The quantitative estimate of drug-likeness (QED) is 0.0145. The van der Waals surface area contributed by atoms with Crippen molar-refractivity contribution in [1.82, 2.24) is 0 Å². The van der Waals surface area contributed by atoms with Crippen LogP contribution in [0.25, 0.3) is 6.08 Å². The SMILES string of the molecule is CC(=O)/C=C(C)/C=C/C=C(C)/C=C/C1=C(C)CCCC1(C)C.CC(=O)C(C)CCC=C(C)C.CC(=O)CC(C)=O.CC(=O)CC(C)CCC=C(C)C.CC(=O)CCC(C)=O.CC(=O)c1ccc(C)cc1.CC(=O)c1ccccc1C(C)=O.CC(C)=O.CCC(C)=O.CCCC(C)=O.CCCCC/C(=C\c1ccccc1)C(C)=O. The van der Waals surface area contributed by atoms with Gasteiger partial charge in [-0.25, -0.2) is 0 Å². The number of hydrogen-bond acceptors (Lipinski definition) is 14. The lowest BCUT2D eigenvalue weighted by Crippen LogP contribution is -2.19. The summed E-state index contributed by atoms with van der Waals surface area (Å²) >= 11 is 0. The van der Waals surface area contributed by atoms with E-state index in [-0.39, 0.29) is 87.2 Å². The van der Waals surface area contributed by atoms with Crippen LogP contribution in [0.1, 0.15) is 359 Å². The largest absolute Gasteiger partial charge is 0.300 e. The van der Waals surface area contributed by atoms with Gasteiger partial charge in [-0.1, -0.05) is 211 Å². The molecule has 0 N–H and O–H groups in total. The van der Waals surface area contributed by atoms with E-state index in [9.17, 15) is 67.1 Å². The van der Waals surface area contributed by atoms with Gasteiger partial charge in [0, 0.05) is 54.7 Å². The van der Waals surface area contributed by atoms with Gasteiger partial charge in [-0.05, 0) is 269 Å². The molecular weight excluding hydrogens is 1410 g/mol. The second kappa shape index (κ2) is 73.2. The van der Waals surface area contributed by atoms with Crippen molar-refractivity contribution in [3.05, 3.63) is 194 Å². The predicted molar refractivity (Wildman–Crippen MR) is 475 cm³/mol. The van der Waals surface area contributed by atoms with Gasteiger partial charge in [-0.3, -0.25) is 38.4 Å². The van der Waals surface area contributed by atoms with Crippen molar-refractivity contribution >= 4 is 87.0 Å². The number of hydrogen-bond donors (Lipinski definition) is 0. The summed E-state index contributed by atoms with van der Waals surface area (Å²) < 4.78 is 0. The van der Waals surface area contributed by atoms with Gasteiger partial charge < -0.3 is 28.8 Å². The molecule has 0 spiro atoms. The van der Waals surface area contributed by atoms with Crippen LogP contribution in [-0.2, 0) is 52.7 Å². The van der Waals surface area contributed by atoms with Crippen molar-refractivity contribution in [2.75, 3.05) is 0 Å². The fourth-order valence-electron chi connectivity index (χ4n) is 9.68. The molecule has 0 saturated heterocycles. The number of carbonyl (C=O) groups excluding carboxylic acids is 14. The number of allylic oxidation sites excluding steroid dienone is 15. The summed E-state index contributed by atoms with van der Waals surface area (Å²) in [4.78, 5) is 147. The maximum Gasteiger partial charge on any atom is 0.160 e. The molecule has 0 heterocycles. The van der Waals surface area contributed by atoms with E-state index in [0.29, 0.717) is 47.9 Å². The first kappa shape index (κ1) is 117. The summed E-state index contributed by atoms with van der Waals surface area (Å²) in [5.41, 5.74) is 13.2. The second-order valence-corrected chi connectivity index (χ2v) is 30.3. The van der Waals surface area contributed by atoms with E-state index in [2.05, 4.69) is 99.6 Å². The zero-order valence-corrected chi connectivity index (χ0v) is 75.8. The minimum absolute atomic E-state index is 0.0625. The second-order valence-electron chi connectivity index (χ2n) is 30.3. The number of unbranched alkanes of at least 4 members (excludes halogenated alkanes) is 2. The molecule has 1 aliphatic rings. The van der Waals surface area contributed by atoms with E-state index in [4.69, 9.17) is 0 Å². The van der Waals surface area contributed by atoms with Crippen molar-refractivity contribution in [2.24, 2.45) is 17.3 Å². The molecule has 630 valence electrons. The van der Waals surface area contributed by atoms with Crippen LogP contribution < -0.4 is 0 Å². The Morgan fingerprint density at radius 2 is 0.929 bits per heavy atom. The Balaban J connectivity index is -0.000000226. The topological polar surface area (TPSA) is 239 Å². The molecule has 14 nitrogen and oxygen atoms in total. The standard InChI is InChI=1S/C21H30O.C15H20O.C11H20O.C10H10O2.C10H18O.C9H10O.C6H10O2.C5H8O2.C5H10O.C4H8O.C3H6O/c1-16(9-7-10-17(2)15-19(4)22)12-13-20-18(3)11-8-14-21(20,5)6;1-3-4-6-11-15(13(2)16)12-14-9-7-5-8-10-14;1-9(2)6-5-7-10(3)8-11(4)12;1-7(11)9-5-3-4-6-10(9)8(2)12;1-8(2)6-5-7-9(3)10(4)11;1-7-3-5-9(6-4-7)8(2)10;1-5(7)3-4-6(2)8;1-4(6)3-5(2)7;1-3-4-5(2)6;1-3-4(2)5;1-3(2)4/h7,9-10,12-13,15H,8,11,14H2,1-6H3;5,7-10,12H,3-4,6,11H2,1-2H3;6,10H,5,7-8H2,1-4H3;3-6H,1-2H3;6,9H,5,7H2,1-4H3;3-6H,1-2H3;3-4H2,1-2H3;3H2,1-2H3;3-4H2,1-2H3;3H2,1-2H3;1-2H3/b10-7+,13-12+,16-9+,17-15+;15-12+;;;;;;;;;. The van der Waals surface area contributed by atoms with Gasteiger partial charge in [0.15, 0.2) is 28.9 Å². The third-order valence-electron chi connectivity index (χ3n) is 16.1. The lowest BCUT2D eigenvalue weighted by molar-refractivity contribution is -0.125.